The Morgan fingerprint density at radius 3 is 2.34 bits per heavy atom. The standard InChI is InChI=1S/C26H20ClNO4/c1-31-23-12-6-17(7-13-23)14-20-16-24(18-8-10-21(27)11-9-18)28(25(20)29)22-5-3-4-19(15-22)26(30)32-2/h3-16H,1-2H3/b20-14-. The molecule has 0 spiro atoms. The molecule has 1 aliphatic heterocycles. The van der Waals surface area contributed by atoms with Gasteiger partial charge in [-0.3, -0.25) is 9.69 Å². The maximum absolute atomic E-state index is 13.5. The molecule has 3 aromatic rings. The SMILES string of the molecule is COC(=O)c1cccc(N2C(=O)/C(=C\c3ccc(OC)cc3)C=C2c2ccc(Cl)cc2)c1. The molecule has 6 heteroatoms. The van der Waals surface area contributed by atoms with Gasteiger partial charge in [-0.1, -0.05) is 41.9 Å². The Bertz CT molecular complexity index is 1230. The molecule has 0 aromatic heterocycles. The normalized spacial score (nSPS) is 14.5. The van der Waals surface area contributed by atoms with Gasteiger partial charge in [0, 0.05) is 10.6 Å². The third-order valence-corrected chi connectivity index (χ3v) is 5.34. The van der Waals surface area contributed by atoms with E-state index in [1.54, 1.807) is 48.4 Å². The molecule has 0 saturated heterocycles. The summed E-state index contributed by atoms with van der Waals surface area (Å²) in [6, 6.07) is 21.5. The van der Waals surface area contributed by atoms with Crippen LogP contribution in [0.3, 0.4) is 0 Å². The molecule has 0 N–H and O–H groups in total. The summed E-state index contributed by atoms with van der Waals surface area (Å²) in [5.41, 5.74) is 3.82. The minimum Gasteiger partial charge on any atom is -0.497 e. The van der Waals surface area contributed by atoms with Crippen molar-refractivity contribution in [3.05, 3.63) is 106 Å². The number of benzene rings is 3. The van der Waals surface area contributed by atoms with Gasteiger partial charge >= 0.3 is 5.97 Å². The van der Waals surface area contributed by atoms with Crippen molar-refractivity contribution >= 4 is 40.9 Å². The summed E-state index contributed by atoms with van der Waals surface area (Å²) in [7, 11) is 2.93. The highest BCUT2D eigenvalue weighted by molar-refractivity contribution is 6.30. The first kappa shape index (κ1) is 21.4. The average Bonchev–Trinajstić information content (AvgIpc) is 3.15. The molecule has 0 fully saturated rings. The Morgan fingerprint density at radius 1 is 0.969 bits per heavy atom. The summed E-state index contributed by atoms with van der Waals surface area (Å²) in [5.74, 6) is 0.0702. The number of hydrogen-bond acceptors (Lipinski definition) is 4. The molecule has 0 atom stereocenters. The third-order valence-electron chi connectivity index (χ3n) is 5.09. The molecule has 0 saturated carbocycles. The van der Waals surface area contributed by atoms with E-state index in [1.807, 2.05) is 48.6 Å². The van der Waals surface area contributed by atoms with Gasteiger partial charge in [0.05, 0.1) is 31.2 Å². The first-order chi connectivity index (χ1) is 15.5. The Balaban J connectivity index is 1.80. The maximum atomic E-state index is 13.5. The van der Waals surface area contributed by atoms with Gasteiger partial charge in [-0.15, -0.1) is 0 Å². The van der Waals surface area contributed by atoms with Gasteiger partial charge in [-0.2, -0.15) is 0 Å². The lowest BCUT2D eigenvalue weighted by molar-refractivity contribution is -0.113. The second kappa shape index (κ2) is 9.12. The largest absolute Gasteiger partial charge is 0.497 e. The lowest BCUT2D eigenvalue weighted by atomic mass is 10.1. The van der Waals surface area contributed by atoms with Crippen LogP contribution in [0.4, 0.5) is 5.69 Å². The Morgan fingerprint density at radius 2 is 1.69 bits per heavy atom. The Kier molecular flexibility index (Phi) is 6.10. The summed E-state index contributed by atoms with van der Waals surface area (Å²) in [6.45, 7) is 0. The van der Waals surface area contributed by atoms with Crippen molar-refractivity contribution in [2.45, 2.75) is 0 Å². The van der Waals surface area contributed by atoms with Gasteiger partial charge in [-0.25, -0.2) is 4.79 Å². The monoisotopic (exact) mass is 445 g/mol. The predicted molar refractivity (Wildman–Crippen MR) is 126 cm³/mol. The van der Waals surface area contributed by atoms with Crippen molar-refractivity contribution < 1.29 is 19.1 Å². The number of esters is 1. The lowest BCUT2D eigenvalue weighted by Gasteiger charge is -2.21. The third kappa shape index (κ3) is 4.29. The van der Waals surface area contributed by atoms with E-state index in [0.29, 0.717) is 27.5 Å². The van der Waals surface area contributed by atoms with Gasteiger partial charge < -0.3 is 9.47 Å². The number of halogens is 1. The molecule has 0 aliphatic carbocycles. The fraction of sp³-hybridized carbons (Fsp3) is 0.0769. The molecule has 1 heterocycles. The molecule has 160 valence electrons. The van der Waals surface area contributed by atoms with Crippen LogP contribution in [0, 0.1) is 0 Å². The first-order valence-corrected chi connectivity index (χ1v) is 10.2. The molecule has 0 bridgehead atoms. The Hall–Kier alpha value is -3.83. The van der Waals surface area contributed by atoms with Crippen molar-refractivity contribution in [3.63, 3.8) is 0 Å². The van der Waals surface area contributed by atoms with Gasteiger partial charge in [0.1, 0.15) is 5.75 Å². The van der Waals surface area contributed by atoms with Gasteiger partial charge in [0.2, 0.25) is 0 Å². The summed E-state index contributed by atoms with van der Waals surface area (Å²) in [5, 5.41) is 0.604. The molecule has 1 aliphatic rings. The quantitative estimate of drug-likeness (QED) is 0.378. The molecule has 32 heavy (non-hydrogen) atoms. The minimum absolute atomic E-state index is 0.201. The van der Waals surface area contributed by atoms with Crippen molar-refractivity contribution in [1.29, 1.82) is 0 Å². The minimum atomic E-state index is -0.468. The molecule has 1 amide bonds. The van der Waals surface area contributed by atoms with E-state index in [1.165, 1.54) is 7.11 Å². The van der Waals surface area contributed by atoms with Crippen LogP contribution in [-0.2, 0) is 9.53 Å². The fourth-order valence-corrected chi connectivity index (χ4v) is 3.60. The van der Waals surface area contributed by atoms with Gasteiger partial charge in [0.25, 0.3) is 5.91 Å². The van der Waals surface area contributed by atoms with Crippen LogP contribution in [0.2, 0.25) is 5.02 Å². The number of carbonyl (C=O) groups is 2. The van der Waals surface area contributed by atoms with E-state index in [0.717, 1.165) is 16.9 Å². The zero-order valence-corrected chi connectivity index (χ0v) is 18.3. The molecule has 3 aromatic carbocycles. The Labute approximate surface area is 191 Å². The number of methoxy groups -OCH3 is 2. The van der Waals surface area contributed by atoms with E-state index in [9.17, 15) is 9.59 Å². The molecular weight excluding hydrogens is 426 g/mol. The highest BCUT2D eigenvalue weighted by Gasteiger charge is 2.31. The van der Waals surface area contributed by atoms with Gasteiger partial charge in [-0.05, 0) is 65.7 Å². The summed E-state index contributed by atoms with van der Waals surface area (Å²) < 4.78 is 10.0. The average molecular weight is 446 g/mol. The van der Waals surface area contributed by atoms with Crippen molar-refractivity contribution in [2.24, 2.45) is 0 Å². The smallest absolute Gasteiger partial charge is 0.337 e. The number of carbonyl (C=O) groups excluding carboxylic acids is 2. The second-order valence-electron chi connectivity index (χ2n) is 7.09. The molecule has 5 nitrogen and oxygen atoms in total. The van der Waals surface area contributed by atoms with Crippen molar-refractivity contribution in [1.82, 2.24) is 0 Å². The topological polar surface area (TPSA) is 55.8 Å². The molecular formula is C26H20ClNO4. The highest BCUT2D eigenvalue weighted by Crippen LogP contribution is 2.36. The van der Waals surface area contributed by atoms with Crippen LogP contribution in [0.25, 0.3) is 11.8 Å². The van der Waals surface area contributed by atoms with Crippen molar-refractivity contribution in [3.8, 4) is 5.75 Å². The number of nitrogens with zero attached hydrogens (tertiary/aromatic N) is 1. The van der Waals surface area contributed by atoms with Crippen LogP contribution in [-0.4, -0.2) is 26.1 Å². The van der Waals surface area contributed by atoms with E-state index < -0.39 is 5.97 Å². The number of amides is 1. The number of rotatable bonds is 5. The highest BCUT2D eigenvalue weighted by atomic mass is 35.5. The zero-order chi connectivity index (χ0) is 22.7. The summed E-state index contributed by atoms with van der Waals surface area (Å²) in [6.07, 6.45) is 3.66. The van der Waals surface area contributed by atoms with Crippen LogP contribution in [0.5, 0.6) is 5.75 Å². The van der Waals surface area contributed by atoms with E-state index in [4.69, 9.17) is 21.1 Å². The van der Waals surface area contributed by atoms with Crippen molar-refractivity contribution in [2.75, 3.05) is 19.1 Å². The van der Waals surface area contributed by atoms with Crippen LogP contribution in [0.15, 0.2) is 84.4 Å². The first-order valence-electron chi connectivity index (χ1n) is 9.86. The molecule has 4 rings (SSSR count). The fourth-order valence-electron chi connectivity index (χ4n) is 3.47. The summed E-state index contributed by atoms with van der Waals surface area (Å²) >= 11 is 6.06. The van der Waals surface area contributed by atoms with E-state index in [2.05, 4.69) is 0 Å². The van der Waals surface area contributed by atoms with Gasteiger partial charge in [0.15, 0.2) is 0 Å². The van der Waals surface area contributed by atoms with Crippen LogP contribution >= 0.6 is 11.6 Å². The number of anilines is 1. The molecule has 0 radical (unpaired) electrons. The van der Waals surface area contributed by atoms with Crippen LogP contribution in [0.1, 0.15) is 21.5 Å². The lowest BCUT2D eigenvalue weighted by Crippen LogP contribution is -2.25. The number of hydrogen-bond donors (Lipinski definition) is 0. The van der Waals surface area contributed by atoms with Crippen LogP contribution < -0.4 is 9.64 Å². The van der Waals surface area contributed by atoms with E-state index in [-0.39, 0.29) is 5.91 Å². The maximum Gasteiger partial charge on any atom is 0.337 e. The molecule has 0 unspecified atom stereocenters. The predicted octanol–water partition coefficient (Wildman–Crippen LogP) is 5.61. The van der Waals surface area contributed by atoms with E-state index >= 15 is 0 Å². The number of ether oxygens (including phenoxy) is 2. The zero-order valence-electron chi connectivity index (χ0n) is 17.5. The second-order valence-corrected chi connectivity index (χ2v) is 7.53. The summed E-state index contributed by atoms with van der Waals surface area (Å²) in [4.78, 5) is 27.1.